The van der Waals surface area contributed by atoms with Crippen molar-refractivity contribution in [3.05, 3.63) is 29.8 Å². The number of benzene rings is 1. The van der Waals surface area contributed by atoms with Gasteiger partial charge in [-0.3, -0.25) is 4.79 Å². The molecule has 1 amide bonds. The number of aryl methyl sites for hydroxylation is 1. The van der Waals surface area contributed by atoms with E-state index in [0.29, 0.717) is 13.2 Å². The van der Waals surface area contributed by atoms with Gasteiger partial charge >= 0.3 is 0 Å². The largest absolute Gasteiger partial charge is 0.379 e. The highest BCUT2D eigenvalue weighted by atomic mass is 16.5. The third kappa shape index (κ3) is 3.78. The van der Waals surface area contributed by atoms with Gasteiger partial charge in [-0.2, -0.15) is 0 Å². The number of rotatable bonds is 5. The topological polar surface area (TPSA) is 50.4 Å². The molecule has 1 aliphatic rings. The molecule has 1 aromatic carbocycles. The minimum atomic E-state index is -0.105. The van der Waals surface area contributed by atoms with E-state index in [9.17, 15) is 4.79 Å². The van der Waals surface area contributed by atoms with Gasteiger partial charge in [0.25, 0.3) is 0 Å². The van der Waals surface area contributed by atoms with Crippen molar-refractivity contribution in [1.29, 1.82) is 0 Å². The minimum Gasteiger partial charge on any atom is -0.379 e. The predicted molar refractivity (Wildman–Crippen MR) is 76.2 cm³/mol. The molecule has 2 rings (SSSR count). The molecule has 1 heterocycles. The molecule has 1 fully saturated rings. The van der Waals surface area contributed by atoms with Crippen molar-refractivity contribution in [3.8, 4) is 0 Å². The molecule has 0 bridgehead atoms. The van der Waals surface area contributed by atoms with E-state index in [0.717, 1.165) is 24.2 Å². The Morgan fingerprint density at radius 3 is 3.00 bits per heavy atom. The van der Waals surface area contributed by atoms with Crippen molar-refractivity contribution in [2.45, 2.75) is 26.3 Å². The van der Waals surface area contributed by atoms with Gasteiger partial charge in [0.15, 0.2) is 0 Å². The number of carbonyl (C=O) groups is 1. The summed E-state index contributed by atoms with van der Waals surface area (Å²) in [7, 11) is 0. The standard InChI is InChI=1S/C15H22N2O2/c1-3-7-16-14-10-19-9-13(14)15(18)17-12-6-4-5-11(2)8-12/h4-6,8,13-14,16H,3,7,9-10H2,1-2H3,(H,17,18). The SMILES string of the molecule is CCCNC1COCC1C(=O)Nc1cccc(C)c1. The monoisotopic (exact) mass is 262 g/mol. The van der Waals surface area contributed by atoms with Gasteiger partial charge in [-0.05, 0) is 37.6 Å². The number of ether oxygens (including phenoxy) is 1. The third-order valence-corrected chi connectivity index (χ3v) is 3.36. The Labute approximate surface area is 114 Å². The minimum absolute atomic E-state index is 0.0386. The smallest absolute Gasteiger partial charge is 0.231 e. The second-order valence-electron chi connectivity index (χ2n) is 5.06. The van der Waals surface area contributed by atoms with Crippen molar-refractivity contribution < 1.29 is 9.53 Å². The molecule has 1 aliphatic heterocycles. The fourth-order valence-corrected chi connectivity index (χ4v) is 2.30. The first-order valence-corrected chi connectivity index (χ1v) is 6.89. The molecule has 0 saturated carbocycles. The first-order chi connectivity index (χ1) is 9.20. The highest BCUT2D eigenvalue weighted by Gasteiger charge is 2.33. The fourth-order valence-electron chi connectivity index (χ4n) is 2.30. The molecular formula is C15H22N2O2. The maximum atomic E-state index is 12.3. The molecule has 0 aromatic heterocycles. The van der Waals surface area contributed by atoms with Gasteiger partial charge in [0.1, 0.15) is 0 Å². The number of hydrogen-bond acceptors (Lipinski definition) is 3. The molecule has 0 aliphatic carbocycles. The van der Waals surface area contributed by atoms with Crippen LogP contribution < -0.4 is 10.6 Å². The van der Waals surface area contributed by atoms with E-state index in [1.54, 1.807) is 0 Å². The lowest BCUT2D eigenvalue weighted by atomic mass is 10.0. The second-order valence-corrected chi connectivity index (χ2v) is 5.06. The van der Waals surface area contributed by atoms with Crippen LogP contribution in [0.2, 0.25) is 0 Å². The molecular weight excluding hydrogens is 240 g/mol. The summed E-state index contributed by atoms with van der Waals surface area (Å²) in [4.78, 5) is 12.3. The number of carbonyl (C=O) groups excluding carboxylic acids is 1. The van der Waals surface area contributed by atoms with Crippen LogP contribution in [0.1, 0.15) is 18.9 Å². The van der Waals surface area contributed by atoms with Crippen molar-refractivity contribution >= 4 is 11.6 Å². The van der Waals surface area contributed by atoms with Crippen LogP contribution in [-0.4, -0.2) is 31.7 Å². The Morgan fingerprint density at radius 1 is 1.42 bits per heavy atom. The van der Waals surface area contributed by atoms with E-state index in [1.807, 2.05) is 31.2 Å². The first kappa shape index (κ1) is 14.0. The molecule has 1 saturated heterocycles. The Morgan fingerprint density at radius 2 is 2.26 bits per heavy atom. The highest BCUT2D eigenvalue weighted by molar-refractivity contribution is 5.93. The lowest BCUT2D eigenvalue weighted by Gasteiger charge is -2.18. The molecule has 104 valence electrons. The number of anilines is 1. The summed E-state index contributed by atoms with van der Waals surface area (Å²) in [5.41, 5.74) is 1.99. The predicted octanol–water partition coefficient (Wildman–Crippen LogP) is 1.95. The Balaban J connectivity index is 1.95. The third-order valence-electron chi connectivity index (χ3n) is 3.36. The Bertz CT molecular complexity index is 434. The van der Waals surface area contributed by atoms with Crippen molar-refractivity contribution in [1.82, 2.24) is 5.32 Å². The highest BCUT2D eigenvalue weighted by Crippen LogP contribution is 2.17. The van der Waals surface area contributed by atoms with Gasteiger partial charge in [0, 0.05) is 11.7 Å². The molecule has 2 N–H and O–H groups in total. The zero-order valence-electron chi connectivity index (χ0n) is 11.6. The first-order valence-electron chi connectivity index (χ1n) is 6.89. The number of hydrogen-bond donors (Lipinski definition) is 2. The summed E-state index contributed by atoms with van der Waals surface area (Å²) in [6.07, 6.45) is 1.06. The number of nitrogens with one attached hydrogen (secondary N) is 2. The summed E-state index contributed by atoms with van der Waals surface area (Å²) in [6, 6.07) is 7.98. The van der Waals surface area contributed by atoms with Crippen LogP contribution in [0.3, 0.4) is 0 Å². The summed E-state index contributed by atoms with van der Waals surface area (Å²) in [5.74, 6) is -0.0660. The Kier molecular flexibility index (Phi) is 4.93. The van der Waals surface area contributed by atoms with Crippen LogP contribution in [0.5, 0.6) is 0 Å². The molecule has 2 unspecified atom stereocenters. The van der Waals surface area contributed by atoms with E-state index >= 15 is 0 Å². The zero-order chi connectivity index (χ0) is 13.7. The molecule has 4 nitrogen and oxygen atoms in total. The maximum absolute atomic E-state index is 12.3. The van der Waals surface area contributed by atoms with Crippen molar-refractivity contribution in [3.63, 3.8) is 0 Å². The average Bonchev–Trinajstić information content (AvgIpc) is 2.84. The maximum Gasteiger partial charge on any atom is 0.231 e. The summed E-state index contributed by atoms with van der Waals surface area (Å²) in [6.45, 7) is 6.16. The Hall–Kier alpha value is -1.39. The van der Waals surface area contributed by atoms with E-state index in [-0.39, 0.29) is 17.9 Å². The summed E-state index contributed by atoms with van der Waals surface area (Å²) >= 11 is 0. The molecule has 0 radical (unpaired) electrons. The van der Waals surface area contributed by atoms with Gasteiger partial charge in [-0.25, -0.2) is 0 Å². The van der Waals surface area contributed by atoms with Gasteiger partial charge in [-0.15, -0.1) is 0 Å². The molecule has 4 heteroatoms. The van der Waals surface area contributed by atoms with Crippen LogP contribution in [0, 0.1) is 12.8 Å². The van der Waals surface area contributed by atoms with E-state index in [4.69, 9.17) is 4.74 Å². The molecule has 19 heavy (non-hydrogen) atoms. The van der Waals surface area contributed by atoms with Crippen molar-refractivity contribution in [2.24, 2.45) is 5.92 Å². The molecule has 1 aromatic rings. The van der Waals surface area contributed by atoms with Crippen LogP contribution in [0.4, 0.5) is 5.69 Å². The van der Waals surface area contributed by atoms with Crippen LogP contribution in [0.25, 0.3) is 0 Å². The van der Waals surface area contributed by atoms with E-state index in [2.05, 4.69) is 17.6 Å². The average molecular weight is 262 g/mol. The summed E-state index contributed by atoms with van der Waals surface area (Å²) in [5, 5.41) is 6.35. The van der Waals surface area contributed by atoms with Gasteiger partial charge < -0.3 is 15.4 Å². The van der Waals surface area contributed by atoms with Crippen LogP contribution in [0.15, 0.2) is 24.3 Å². The van der Waals surface area contributed by atoms with Gasteiger partial charge in [0.05, 0.1) is 19.1 Å². The lowest BCUT2D eigenvalue weighted by Crippen LogP contribution is -2.41. The fraction of sp³-hybridized carbons (Fsp3) is 0.533. The lowest BCUT2D eigenvalue weighted by molar-refractivity contribution is -0.120. The second kappa shape index (κ2) is 6.68. The summed E-state index contributed by atoms with van der Waals surface area (Å²) < 4.78 is 5.43. The van der Waals surface area contributed by atoms with E-state index in [1.165, 1.54) is 0 Å². The quantitative estimate of drug-likeness (QED) is 0.852. The number of amides is 1. The van der Waals surface area contributed by atoms with E-state index < -0.39 is 0 Å². The molecule has 2 atom stereocenters. The zero-order valence-corrected chi connectivity index (χ0v) is 11.6. The van der Waals surface area contributed by atoms with Crippen molar-refractivity contribution in [2.75, 3.05) is 25.1 Å². The normalized spacial score (nSPS) is 22.4. The molecule has 0 spiro atoms. The van der Waals surface area contributed by atoms with Gasteiger partial charge in [0.2, 0.25) is 5.91 Å². The van der Waals surface area contributed by atoms with Crippen LogP contribution >= 0.6 is 0 Å². The van der Waals surface area contributed by atoms with Gasteiger partial charge in [-0.1, -0.05) is 19.1 Å². The van der Waals surface area contributed by atoms with Crippen LogP contribution in [-0.2, 0) is 9.53 Å².